The molecule has 1 aliphatic rings. The van der Waals surface area contributed by atoms with Crippen molar-refractivity contribution in [1.82, 2.24) is 5.32 Å². The van der Waals surface area contributed by atoms with E-state index in [1.807, 2.05) is 12.2 Å². The van der Waals surface area contributed by atoms with Crippen LogP contribution in [0, 0.1) is 11.8 Å². The highest BCUT2D eigenvalue weighted by Gasteiger charge is 2.61. The van der Waals surface area contributed by atoms with Crippen molar-refractivity contribution < 1.29 is 31.1 Å². The van der Waals surface area contributed by atoms with Crippen LogP contribution in [-0.4, -0.2) is 29.7 Å². The van der Waals surface area contributed by atoms with Crippen LogP contribution in [0.3, 0.4) is 0 Å². The van der Waals surface area contributed by atoms with Crippen LogP contribution in [0.15, 0.2) is 0 Å². The summed E-state index contributed by atoms with van der Waals surface area (Å²) in [6.45, 7) is 1.92. The highest BCUT2D eigenvalue weighted by atomic mass is 35.5. The zero-order valence-electron chi connectivity index (χ0n) is 11.2. The van der Waals surface area contributed by atoms with Gasteiger partial charge in [0, 0.05) is 5.88 Å². The minimum Gasteiger partial charge on any atom is -0.349 e. The average molecular weight is 340 g/mol. The lowest BCUT2D eigenvalue weighted by atomic mass is 9.78. The van der Waals surface area contributed by atoms with E-state index in [1.165, 1.54) is 0 Å². The monoisotopic (exact) mass is 339 g/mol. The van der Waals surface area contributed by atoms with E-state index in [0.717, 1.165) is 0 Å². The minimum atomic E-state index is -5.68. The molecule has 0 unspecified atom stereocenters. The average Bonchev–Trinajstić information content (AvgIpc) is 2.28. The van der Waals surface area contributed by atoms with Gasteiger partial charge in [-0.05, 0) is 31.6 Å². The first-order valence-electron chi connectivity index (χ1n) is 6.43. The number of amides is 1. The highest BCUT2D eigenvalue weighted by Crippen LogP contribution is 2.40. The van der Waals surface area contributed by atoms with E-state index < -0.39 is 29.7 Å². The number of rotatable bonds is 3. The molecule has 124 valence electrons. The molecule has 1 N–H and O–H groups in total. The van der Waals surface area contributed by atoms with Gasteiger partial charge in [-0.1, -0.05) is 6.92 Å². The molecular weight excluding hydrogens is 324 g/mol. The van der Waals surface area contributed by atoms with E-state index in [0.29, 0.717) is 18.8 Å². The van der Waals surface area contributed by atoms with Crippen LogP contribution in [0.1, 0.15) is 32.6 Å². The van der Waals surface area contributed by atoms with Crippen molar-refractivity contribution in [3.63, 3.8) is 0 Å². The zero-order chi connectivity index (χ0) is 16.5. The molecule has 0 aliphatic heterocycles. The van der Waals surface area contributed by atoms with Crippen molar-refractivity contribution in [2.75, 3.05) is 5.88 Å². The summed E-state index contributed by atoms with van der Waals surface area (Å²) in [6.07, 6.45) is -9.64. The predicted octanol–water partition coefficient (Wildman–Crippen LogP) is 4.03. The molecule has 0 aromatic rings. The van der Waals surface area contributed by atoms with Crippen LogP contribution in [0.25, 0.3) is 0 Å². The second kappa shape index (κ2) is 6.22. The molecular formula is C12H16ClF6NO. The smallest absolute Gasteiger partial charge is 0.349 e. The standard InChI is InChI=1S/C12H16ClF6NO/c1-7-2-4-10(6-13,5-3-7)20-9(21)8(11(14,15)16)12(17,18)19/h7-8H,2-6H2,1H3,(H,20,21). The van der Waals surface area contributed by atoms with Crippen LogP contribution in [-0.2, 0) is 4.79 Å². The highest BCUT2D eigenvalue weighted by molar-refractivity contribution is 6.18. The first kappa shape index (κ1) is 18.4. The molecule has 1 rings (SSSR count). The predicted molar refractivity (Wildman–Crippen MR) is 64.8 cm³/mol. The van der Waals surface area contributed by atoms with E-state index >= 15 is 0 Å². The third-order valence-corrected chi connectivity index (χ3v) is 4.30. The Morgan fingerprint density at radius 1 is 1.19 bits per heavy atom. The Morgan fingerprint density at radius 3 is 1.95 bits per heavy atom. The molecule has 0 saturated heterocycles. The van der Waals surface area contributed by atoms with Crippen molar-refractivity contribution in [2.45, 2.75) is 50.5 Å². The summed E-state index contributed by atoms with van der Waals surface area (Å²) in [5.74, 6) is -6.01. The largest absolute Gasteiger partial charge is 0.409 e. The quantitative estimate of drug-likeness (QED) is 0.610. The minimum absolute atomic E-state index is 0.214. The van der Waals surface area contributed by atoms with Gasteiger partial charge in [-0.3, -0.25) is 4.79 Å². The van der Waals surface area contributed by atoms with Crippen molar-refractivity contribution >= 4 is 17.5 Å². The number of nitrogens with one attached hydrogen (secondary N) is 1. The van der Waals surface area contributed by atoms with E-state index in [-0.39, 0.29) is 18.7 Å². The maximum Gasteiger partial charge on any atom is 0.409 e. The molecule has 2 nitrogen and oxygen atoms in total. The van der Waals surface area contributed by atoms with Crippen LogP contribution in [0.5, 0.6) is 0 Å². The summed E-state index contributed by atoms with van der Waals surface area (Å²) in [6, 6.07) is 0. The molecule has 0 spiro atoms. The van der Waals surface area contributed by atoms with E-state index in [9.17, 15) is 31.1 Å². The number of alkyl halides is 7. The van der Waals surface area contributed by atoms with Crippen LogP contribution in [0.2, 0.25) is 0 Å². The summed E-state index contributed by atoms with van der Waals surface area (Å²) in [7, 11) is 0. The molecule has 0 heterocycles. The number of carbonyl (C=O) groups is 1. The van der Waals surface area contributed by atoms with Crippen molar-refractivity contribution in [3.8, 4) is 0 Å². The summed E-state index contributed by atoms with van der Waals surface area (Å²) in [5, 5.41) is 1.90. The van der Waals surface area contributed by atoms with Crippen molar-refractivity contribution in [1.29, 1.82) is 0 Å². The molecule has 0 aromatic carbocycles. The Hall–Kier alpha value is -0.660. The summed E-state index contributed by atoms with van der Waals surface area (Å²) in [5.41, 5.74) is -1.19. The lowest BCUT2D eigenvalue weighted by Gasteiger charge is -2.39. The van der Waals surface area contributed by atoms with Gasteiger partial charge in [-0.2, -0.15) is 26.3 Å². The Morgan fingerprint density at radius 2 is 1.62 bits per heavy atom. The second-order valence-corrected chi connectivity index (χ2v) is 5.87. The normalized spacial score (nSPS) is 27.8. The second-order valence-electron chi connectivity index (χ2n) is 5.60. The van der Waals surface area contributed by atoms with Crippen LogP contribution < -0.4 is 5.32 Å². The Bertz CT molecular complexity index is 359. The maximum absolute atomic E-state index is 12.5. The summed E-state index contributed by atoms with van der Waals surface area (Å²) < 4.78 is 75.0. The third kappa shape index (κ3) is 4.66. The van der Waals surface area contributed by atoms with Crippen molar-refractivity contribution in [3.05, 3.63) is 0 Å². The zero-order valence-corrected chi connectivity index (χ0v) is 12.0. The van der Waals surface area contributed by atoms with E-state index in [1.54, 1.807) is 0 Å². The molecule has 1 fully saturated rings. The maximum atomic E-state index is 12.5. The fourth-order valence-corrected chi connectivity index (χ4v) is 2.76. The molecule has 0 bridgehead atoms. The molecule has 1 saturated carbocycles. The van der Waals surface area contributed by atoms with Gasteiger partial charge in [0.05, 0.1) is 5.54 Å². The van der Waals surface area contributed by atoms with Gasteiger partial charge in [-0.15, -0.1) is 11.6 Å². The summed E-state index contributed by atoms with van der Waals surface area (Å²) in [4.78, 5) is 11.5. The fraction of sp³-hybridized carbons (Fsp3) is 0.917. The van der Waals surface area contributed by atoms with E-state index in [4.69, 9.17) is 11.6 Å². The van der Waals surface area contributed by atoms with Gasteiger partial charge < -0.3 is 5.32 Å². The topological polar surface area (TPSA) is 29.1 Å². The Labute approximate surface area is 123 Å². The number of carbonyl (C=O) groups excluding carboxylic acids is 1. The first-order valence-corrected chi connectivity index (χ1v) is 6.96. The molecule has 1 amide bonds. The molecule has 9 heteroatoms. The van der Waals surface area contributed by atoms with Gasteiger partial charge in [0.1, 0.15) is 0 Å². The molecule has 1 aliphatic carbocycles. The number of hydrogen-bond acceptors (Lipinski definition) is 1. The van der Waals surface area contributed by atoms with Gasteiger partial charge in [0.15, 0.2) is 0 Å². The molecule has 0 aromatic heterocycles. The SMILES string of the molecule is CC1CCC(CCl)(NC(=O)C(C(F)(F)F)C(F)(F)F)CC1. The lowest BCUT2D eigenvalue weighted by Crippen LogP contribution is -2.58. The van der Waals surface area contributed by atoms with Crippen molar-refractivity contribution in [2.24, 2.45) is 11.8 Å². The molecule has 0 radical (unpaired) electrons. The number of halogens is 7. The van der Waals surface area contributed by atoms with Crippen LogP contribution >= 0.6 is 11.6 Å². The Kier molecular flexibility index (Phi) is 5.45. The molecule has 0 atom stereocenters. The van der Waals surface area contributed by atoms with E-state index in [2.05, 4.69) is 0 Å². The van der Waals surface area contributed by atoms with Gasteiger partial charge in [0.25, 0.3) is 0 Å². The molecule has 21 heavy (non-hydrogen) atoms. The first-order chi connectivity index (χ1) is 9.41. The summed E-state index contributed by atoms with van der Waals surface area (Å²) >= 11 is 5.68. The Balaban J connectivity index is 2.90. The third-order valence-electron chi connectivity index (χ3n) is 3.79. The lowest BCUT2D eigenvalue weighted by molar-refractivity contribution is -0.274. The van der Waals surface area contributed by atoms with Gasteiger partial charge in [0.2, 0.25) is 11.8 Å². The van der Waals surface area contributed by atoms with Gasteiger partial charge >= 0.3 is 12.4 Å². The fourth-order valence-electron chi connectivity index (χ4n) is 2.42. The number of hydrogen-bond donors (Lipinski definition) is 1. The van der Waals surface area contributed by atoms with Crippen LogP contribution in [0.4, 0.5) is 26.3 Å². The van der Waals surface area contributed by atoms with Gasteiger partial charge in [-0.25, -0.2) is 0 Å².